The number of halogens is 1. The highest BCUT2D eigenvalue weighted by Gasteiger charge is 2.22. The van der Waals surface area contributed by atoms with E-state index < -0.39 is 5.82 Å². The summed E-state index contributed by atoms with van der Waals surface area (Å²) in [6, 6.07) is 4.99. The molecule has 1 aromatic carbocycles. The monoisotopic (exact) mass is 194 g/mol. The lowest BCUT2D eigenvalue weighted by Gasteiger charge is -2.01. The van der Waals surface area contributed by atoms with Crippen LogP contribution in [0.5, 0.6) is 0 Å². The van der Waals surface area contributed by atoms with E-state index in [0.717, 1.165) is 17.0 Å². The van der Waals surface area contributed by atoms with Crippen LogP contribution >= 0.6 is 11.9 Å². The molecule has 1 aliphatic rings. The van der Waals surface area contributed by atoms with Crippen molar-refractivity contribution >= 4 is 11.9 Å². The van der Waals surface area contributed by atoms with Crippen molar-refractivity contribution in [3.8, 4) is 6.07 Å². The molecule has 0 unspecified atom stereocenters. The van der Waals surface area contributed by atoms with Crippen LogP contribution in [-0.4, -0.2) is 11.4 Å². The van der Waals surface area contributed by atoms with Crippen molar-refractivity contribution in [3.05, 3.63) is 29.1 Å². The summed E-state index contributed by atoms with van der Waals surface area (Å²) in [6.07, 6.45) is 0. The zero-order valence-electron chi connectivity index (χ0n) is 7.04. The quantitative estimate of drug-likeness (QED) is 0.592. The number of hydrogen-bond donors (Lipinski definition) is 0. The summed E-state index contributed by atoms with van der Waals surface area (Å²) in [7, 11) is 1.92. The number of benzene rings is 1. The molecule has 0 radical (unpaired) electrons. The average molecular weight is 194 g/mol. The number of fused-ring (bicyclic) bond motifs is 1. The first-order valence-corrected chi connectivity index (χ1v) is 4.60. The smallest absolute Gasteiger partial charge is 0.142 e. The van der Waals surface area contributed by atoms with Gasteiger partial charge < -0.3 is 0 Å². The van der Waals surface area contributed by atoms with Gasteiger partial charge in [-0.25, -0.2) is 8.70 Å². The summed E-state index contributed by atoms with van der Waals surface area (Å²) in [4.78, 5) is 0.769. The molecule has 0 saturated heterocycles. The number of nitrogens with zero attached hydrogens (tertiary/aromatic N) is 2. The predicted octanol–water partition coefficient (Wildman–Crippen LogP) is 2.15. The van der Waals surface area contributed by atoms with E-state index >= 15 is 0 Å². The van der Waals surface area contributed by atoms with Gasteiger partial charge >= 0.3 is 0 Å². The molecule has 0 amide bonds. The first-order valence-electron chi connectivity index (χ1n) is 3.83. The maximum absolute atomic E-state index is 13.1. The number of rotatable bonds is 0. The van der Waals surface area contributed by atoms with Crippen LogP contribution in [0.2, 0.25) is 0 Å². The third kappa shape index (κ3) is 1.30. The standard InChI is InChI=1S/C9H7FN2S/c1-12-5-6-2-3-8(10)7(4-11)9(6)13-12/h2-3H,5H2,1H3. The van der Waals surface area contributed by atoms with Gasteiger partial charge in [0, 0.05) is 11.4 Å². The van der Waals surface area contributed by atoms with Crippen LogP contribution in [0.4, 0.5) is 4.39 Å². The summed E-state index contributed by atoms with van der Waals surface area (Å²) in [5.74, 6) is -0.427. The first-order chi connectivity index (χ1) is 6.22. The molecule has 0 aliphatic carbocycles. The molecular weight excluding hydrogens is 187 g/mol. The summed E-state index contributed by atoms with van der Waals surface area (Å²) < 4.78 is 15.1. The Morgan fingerprint density at radius 1 is 1.62 bits per heavy atom. The minimum atomic E-state index is -0.427. The van der Waals surface area contributed by atoms with Crippen molar-refractivity contribution in [2.24, 2.45) is 0 Å². The molecule has 66 valence electrons. The maximum atomic E-state index is 13.1. The fourth-order valence-corrected chi connectivity index (χ4v) is 2.36. The third-order valence-electron chi connectivity index (χ3n) is 1.94. The minimum absolute atomic E-state index is 0.173. The Balaban J connectivity index is 2.60. The van der Waals surface area contributed by atoms with Gasteiger partial charge in [-0.15, -0.1) is 0 Å². The lowest BCUT2D eigenvalue weighted by Crippen LogP contribution is -1.99. The van der Waals surface area contributed by atoms with E-state index in [4.69, 9.17) is 5.26 Å². The highest BCUT2D eigenvalue weighted by atomic mass is 32.2. The van der Waals surface area contributed by atoms with E-state index in [1.54, 1.807) is 6.07 Å². The average Bonchev–Trinajstić information content (AvgIpc) is 2.45. The van der Waals surface area contributed by atoms with E-state index in [-0.39, 0.29) is 5.56 Å². The topological polar surface area (TPSA) is 27.0 Å². The second-order valence-electron chi connectivity index (χ2n) is 2.90. The van der Waals surface area contributed by atoms with Crippen LogP contribution in [0.25, 0.3) is 0 Å². The molecule has 13 heavy (non-hydrogen) atoms. The van der Waals surface area contributed by atoms with Crippen molar-refractivity contribution in [2.75, 3.05) is 7.05 Å². The fourth-order valence-electron chi connectivity index (χ4n) is 1.36. The van der Waals surface area contributed by atoms with E-state index in [9.17, 15) is 4.39 Å². The second-order valence-corrected chi connectivity index (χ2v) is 4.11. The summed E-state index contributed by atoms with van der Waals surface area (Å²) in [5.41, 5.74) is 1.21. The molecule has 2 rings (SSSR count). The van der Waals surface area contributed by atoms with Gasteiger partial charge in [-0.3, -0.25) is 0 Å². The number of hydrogen-bond acceptors (Lipinski definition) is 3. The molecule has 0 fully saturated rings. The Morgan fingerprint density at radius 2 is 2.38 bits per heavy atom. The highest BCUT2D eigenvalue weighted by molar-refractivity contribution is 7.97. The molecule has 0 aromatic heterocycles. The molecule has 4 heteroatoms. The van der Waals surface area contributed by atoms with Crippen LogP contribution in [0.1, 0.15) is 11.1 Å². The van der Waals surface area contributed by atoms with Crippen LogP contribution < -0.4 is 0 Å². The van der Waals surface area contributed by atoms with E-state index in [0.29, 0.717) is 0 Å². The van der Waals surface area contributed by atoms with Crippen LogP contribution in [-0.2, 0) is 6.54 Å². The lowest BCUT2D eigenvalue weighted by molar-refractivity contribution is 0.579. The summed E-state index contributed by atoms with van der Waals surface area (Å²) >= 11 is 1.43. The van der Waals surface area contributed by atoms with Gasteiger partial charge in [0.05, 0.1) is 0 Å². The zero-order chi connectivity index (χ0) is 9.42. The first kappa shape index (κ1) is 8.54. The van der Waals surface area contributed by atoms with E-state index in [2.05, 4.69) is 0 Å². The second kappa shape index (κ2) is 3.02. The van der Waals surface area contributed by atoms with E-state index in [1.165, 1.54) is 18.0 Å². The summed E-state index contributed by atoms with van der Waals surface area (Å²) in [5, 5.41) is 8.75. The molecule has 1 aliphatic heterocycles. The molecule has 0 N–H and O–H groups in total. The molecule has 1 aromatic rings. The Hall–Kier alpha value is -1.05. The highest BCUT2D eigenvalue weighted by Crippen LogP contribution is 2.37. The largest absolute Gasteiger partial charge is 0.245 e. The molecule has 0 saturated carbocycles. The molecular formula is C9H7FN2S. The maximum Gasteiger partial charge on any atom is 0.142 e. The van der Waals surface area contributed by atoms with Crippen molar-refractivity contribution in [3.63, 3.8) is 0 Å². The molecule has 0 atom stereocenters. The van der Waals surface area contributed by atoms with Crippen LogP contribution in [0, 0.1) is 17.1 Å². The van der Waals surface area contributed by atoms with Crippen molar-refractivity contribution in [2.45, 2.75) is 11.4 Å². The van der Waals surface area contributed by atoms with Gasteiger partial charge in [-0.2, -0.15) is 5.26 Å². The number of nitriles is 1. The molecule has 0 bridgehead atoms. The van der Waals surface area contributed by atoms with Gasteiger partial charge in [0.25, 0.3) is 0 Å². The van der Waals surface area contributed by atoms with Crippen molar-refractivity contribution in [1.82, 2.24) is 4.31 Å². The zero-order valence-corrected chi connectivity index (χ0v) is 7.86. The lowest BCUT2D eigenvalue weighted by atomic mass is 10.1. The molecule has 0 spiro atoms. The predicted molar refractivity (Wildman–Crippen MR) is 48.4 cm³/mol. The molecule has 1 heterocycles. The van der Waals surface area contributed by atoms with Gasteiger partial charge in [0.2, 0.25) is 0 Å². The SMILES string of the molecule is CN1Cc2ccc(F)c(C#N)c2S1. The minimum Gasteiger partial charge on any atom is -0.245 e. The van der Waals surface area contributed by atoms with Crippen LogP contribution in [0.3, 0.4) is 0 Å². The van der Waals surface area contributed by atoms with Crippen molar-refractivity contribution in [1.29, 1.82) is 5.26 Å². The van der Waals surface area contributed by atoms with E-state index in [1.807, 2.05) is 17.4 Å². The van der Waals surface area contributed by atoms with Crippen LogP contribution in [0.15, 0.2) is 17.0 Å². The Labute approximate surface area is 80.1 Å². The normalized spacial score (nSPS) is 15.5. The summed E-state index contributed by atoms with van der Waals surface area (Å²) in [6.45, 7) is 0.773. The Bertz CT molecular complexity index is 397. The van der Waals surface area contributed by atoms with Crippen molar-refractivity contribution < 1.29 is 4.39 Å². The van der Waals surface area contributed by atoms with Gasteiger partial charge in [-0.1, -0.05) is 6.07 Å². The fraction of sp³-hybridized carbons (Fsp3) is 0.222. The molecule has 2 nitrogen and oxygen atoms in total. The van der Waals surface area contributed by atoms with Gasteiger partial charge in [0.15, 0.2) is 0 Å². The Morgan fingerprint density at radius 3 is 3.08 bits per heavy atom. The Kier molecular flexibility index (Phi) is 1.98. The van der Waals surface area contributed by atoms with Gasteiger partial charge in [-0.05, 0) is 30.6 Å². The van der Waals surface area contributed by atoms with Gasteiger partial charge in [0.1, 0.15) is 17.4 Å². The third-order valence-corrected chi connectivity index (χ3v) is 3.03.